The largest absolute Gasteiger partial charge is 0.493 e. The second-order valence-corrected chi connectivity index (χ2v) is 4.21. The lowest BCUT2D eigenvalue weighted by Gasteiger charge is -2.09. The Kier molecular flexibility index (Phi) is 3.57. The highest BCUT2D eigenvalue weighted by Gasteiger charge is 2.22. The molecule has 1 fully saturated rings. The predicted molar refractivity (Wildman–Crippen MR) is 62.7 cm³/mol. The average Bonchev–Trinajstić information content (AvgIpc) is 3.11. The summed E-state index contributed by atoms with van der Waals surface area (Å²) in [5, 5.41) is 0. The number of ketones is 1. The molecule has 0 saturated heterocycles. The van der Waals surface area contributed by atoms with E-state index in [0.29, 0.717) is 30.2 Å². The van der Waals surface area contributed by atoms with E-state index in [2.05, 4.69) is 0 Å². The Morgan fingerprint density at radius 1 is 1.38 bits per heavy atom. The van der Waals surface area contributed by atoms with Crippen LogP contribution in [0.3, 0.4) is 0 Å². The molecule has 0 bridgehead atoms. The van der Waals surface area contributed by atoms with Crippen molar-refractivity contribution in [2.24, 2.45) is 11.7 Å². The molecule has 0 unspecified atom stereocenters. The Bertz CT molecular complexity index is 372. The number of ether oxygens (including phenoxy) is 1. The van der Waals surface area contributed by atoms with Gasteiger partial charge >= 0.3 is 0 Å². The maximum absolute atomic E-state index is 11.8. The fourth-order valence-electron chi connectivity index (χ4n) is 1.58. The maximum Gasteiger partial charge on any atom is 0.167 e. The minimum absolute atomic E-state index is 0.0638. The van der Waals surface area contributed by atoms with E-state index >= 15 is 0 Å². The Labute approximate surface area is 95.6 Å². The van der Waals surface area contributed by atoms with Gasteiger partial charge in [-0.2, -0.15) is 0 Å². The second-order valence-electron chi connectivity index (χ2n) is 4.21. The van der Waals surface area contributed by atoms with Gasteiger partial charge in [0.2, 0.25) is 0 Å². The summed E-state index contributed by atoms with van der Waals surface area (Å²) in [6.07, 6.45) is 2.88. The van der Waals surface area contributed by atoms with Crippen molar-refractivity contribution in [2.45, 2.75) is 19.3 Å². The first-order valence-electron chi connectivity index (χ1n) is 5.76. The minimum Gasteiger partial charge on any atom is -0.493 e. The third kappa shape index (κ3) is 2.83. The van der Waals surface area contributed by atoms with Gasteiger partial charge in [0, 0.05) is 6.42 Å². The van der Waals surface area contributed by atoms with E-state index in [1.807, 2.05) is 18.2 Å². The number of hydrogen-bond donors (Lipinski definition) is 1. The zero-order chi connectivity index (χ0) is 11.4. The number of carbonyl (C=O) groups is 1. The minimum atomic E-state index is 0.0638. The van der Waals surface area contributed by atoms with E-state index in [9.17, 15) is 4.79 Å². The molecule has 3 nitrogen and oxygen atoms in total. The van der Waals surface area contributed by atoms with Crippen molar-refractivity contribution < 1.29 is 9.53 Å². The van der Waals surface area contributed by atoms with Gasteiger partial charge < -0.3 is 10.5 Å². The average molecular weight is 219 g/mol. The summed E-state index contributed by atoms with van der Waals surface area (Å²) in [4.78, 5) is 11.8. The molecule has 0 amide bonds. The zero-order valence-corrected chi connectivity index (χ0v) is 9.32. The molecule has 1 aliphatic rings. The van der Waals surface area contributed by atoms with Crippen molar-refractivity contribution in [1.82, 2.24) is 0 Å². The van der Waals surface area contributed by atoms with Gasteiger partial charge in [-0.3, -0.25) is 4.79 Å². The highest BCUT2D eigenvalue weighted by molar-refractivity contribution is 5.98. The monoisotopic (exact) mass is 219 g/mol. The number of carbonyl (C=O) groups excluding carboxylic acids is 1. The number of rotatable bonds is 6. The molecule has 0 aromatic heterocycles. The van der Waals surface area contributed by atoms with Crippen molar-refractivity contribution >= 4 is 5.78 Å². The van der Waals surface area contributed by atoms with E-state index in [1.54, 1.807) is 6.07 Å². The van der Waals surface area contributed by atoms with Gasteiger partial charge in [-0.05, 0) is 37.4 Å². The molecule has 86 valence electrons. The summed E-state index contributed by atoms with van der Waals surface area (Å²) in [5.41, 5.74) is 6.05. The van der Waals surface area contributed by atoms with Crippen molar-refractivity contribution in [3.05, 3.63) is 29.8 Å². The third-order valence-corrected chi connectivity index (χ3v) is 2.73. The van der Waals surface area contributed by atoms with E-state index in [-0.39, 0.29) is 5.78 Å². The van der Waals surface area contributed by atoms with Crippen LogP contribution in [0.1, 0.15) is 29.6 Å². The molecule has 2 rings (SSSR count). The number of Topliss-reactive ketones (excluding diaryl/α,β-unsaturated/α-hetero) is 1. The molecule has 0 spiro atoms. The van der Waals surface area contributed by atoms with Crippen LogP contribution in [0.2, 0.25) is 0 Å². The lowest BCUT2D eigenvalue weighted by atomic mass is 10.1. The topological polar surface area (TPSA) is 52.3 Å². The molecule has 16 heavy (non-hydrogen) atoms. The van der Waals surface area contributed by atoms with Crippen LogP contribution < -0.4 is 10.5 Å². The standard InChI is InChI=1S/C13H17NO2/c14-8-7-12(15)11-3-1-2-4-13(11)16-9-10-5-6-10/h1-4,10H,5-9,14H2. The lowest BCUT2D eigenvalue weighted by Crippen LogP contribution is -2.10. The normalized spacial score (nSPS) is 14.8. The molecule has 1 saturated carbocycles. The molecule has 1 aliphatic carbocycles. The van der Waals surface area contributed by atoms with Gasteiger partial charge in [-0.25, -0.2) is 0 Å². The van der Waals surface area contributed by atoms with Crippen LogP contribution in [0.25, 0.3) is 0 Å². The Balaban J connectivity index is 2.05. The molecule has 0 aliphatic heterocycles. The number of para-hydroxylation sites is 1. The summed E-state index contributed by atoms with van der Waals surface area (Å²) >= 11 is 0. The van der Waals surface area contributed by atoms with Crippen molar-refractivity contribution in [3.8, 4) is 5.75 Å². The molecular weight excluding hydrogens is 202 g/mol. The number of hydrogen-bond acceptors (Lipinski definition) is 3. The van der Waals surface area contributed by atoms with Crippen LogP contribution in [-0.4, -0.2) is 18.9 Å². The molecule has 1 aromatic carbocycles. The zero-order valence-electron chi connectivity index (χ0n) is 9.32. The van der Waals surface area contributed by atoms with Crippen LogP contribution in [0, 0.1) is 5.92 Å². The van der Waals surface area contributed by atoms with Gasteiger partial charge in [0.25, 0.3) is 0 Å². The molecule has 3 heteroatoms. The highest BCUT2D eigenvalue weighted by Crippen LogP contribution is 2.30. The summed E-state index contributed by atoms with van der Waals surface area (Å²) in [5.74, 6) is 1.46. The fourth-order valence-corrected chi connectivity index (χ4v) is 1.58. The van der Waals surface area contributed by atoms with E-state index in [0.717, 1.165) is 6.61 Å². The molecule has 2 N–H and O–H groups in total. The molecule has 1 aromatic rings. The molecule has 0 atom stereocenters. The van der Waals surface area contributed by atoms with E-state index in [1.165, 1.54) is 12.8 Å². The van der Waals surface area contributed by atoms with Crippen molar-refractivity contribution in [2.75, 3.05) is 13.2 Å². The smallest absolute Gasteiger partial charge is 0.167 e. The lowest BCUT2D eigenvalue weighted by molar-refractivity contribution is 0.0981. The first-order valence-corrected chi connectivity index (χ1v) is 5.76. The quantitative estimate of drug-likeness (QED) is 0.744. The Morgan fingerprint density at radius 3 is 2.81 bits per heavy atom. The van der Waals surface area contributed by atoms with Crippen LogP contribution in [0.5, 0.6) is 5.75 Å². The molecular formula is C13H17NO2. The maximum atomic E-state index is 11.8. The predicted octanol–water partition coefficient (Wildman–Crippen LogP) is 2.01. The van der Waals surface area contributed by atoms with Gasteiger partial charge in [0.05, 0.1) is 12.2 Å². The van der Waals surface area contributed by atoms with Gasteiger partial charge in [0.15, 0.2) is 5.78 Å². The Morgan fingerprint density at radius 2 is 2.12 bits per heavy atom. The number of nitrogens with two attached hydrogens (primary N) is 1. The van der Waals surface area contributed by atoms with E-state index < -0.39 is 0 Å². The van der Waals surface area contributed by atoms with E-state index in [4.69, 9.17) is 10.5 Å². The summed E-state index contributed by atoms with van der Waals surface area (Å²) in [6.45, 7) is 1.11. The number of benzene rings is 1. The second kappa shape index (κ2) is 5.12. The van der Waals surface area contributed by atoms with Gasteiger partial charge in [-0.1, -0.05) is 12.1 Å². The van der Waals surface area contributed by atoms with Crippen molar-refractivity contribution in [3.63, 3.8) is 0 Å². The summed E-state index contributed by atoms with van der Waals surface area (Å²) in [6, 6.07) is 7.40. The van der Waals surface area contributed by atoms with Crippen LogP contribution in [-0.2, 0) is 0 Å². The third-order valence-electron chi connectivity index (χ3n) is 2.73. The SMILES string of the molecule is NCCC(=O)c1ccccc1OCC1CC1. The van der Waals surface area contributed by atoms with Crippen molar-refractivity contribution in [1.29, 1.82) is 0 Å². The van der Waals surface area contributed by atoms with Crippen LogP contribution >= 0.6 is 0 Å². The fraction of sp³-hybridized carbons (Fsp3) is 0.462. The summed E-state index contributed by atoms with van der Waals surface area (Å²) in [7, 11) is 0. The summed E-state index contributed by atoms with van der Waals surface area (Å²) < 4.78 is 5.67. The van der Waals surface area contributed by atoms with Gasteiger partial charge in [0.1, 0.15) is 5.75 Å². The van der Waals surface area contributed by atoms with Gasteiger partial charge in [-0.15, -0.1) is 0 Å². The highest BCUT2D eigenvalue weighted by atomic mass is 16.5. The first-order chi connectivity index (χ1) is 7.81. The Hall–Kier alpha value is -1.35. The molecule has 0 radical (unpaired) electrons. The molecule has 0 heterocycles. The first kappa shape index (κ1) is 11.1. The van der Waals surface area contributed by atoms with Crippen LogP contribution in [0.15, 0.2) is 24.3 Å². The van der Waals surface area contributed by atoms with Crippen LogP contribution in [0.4, 0.5) is 0 Å².